The molecule has 0 spiro atoms. The molecule has 5 heteroatoms. The van der Waals surface area contributed by atoms with E-state index in [9.17, 15) is 9.00 Å². The van der Waals surface area contributed by atoms with Gasteiger partial charge in [-0.25, -0.2) is 0 Å². The van der Waals surface area contributed by atoms with Gasteiger partial charge in [-0.15, -0.1) is 0 Å². The monoisotopic (exact) mass is 309 g/mol. The minimum absolute atomic E-state index is 0.0242. The third kappa shape index (κ3) is 4.93. The molecule has 1 aliphatic rings. The normalized spacial score (nSPS) is 20.9. The molecule has 0 radical (unpaired) electrons. The molecule has 0 amide bonds. The van der Waals surface area contributed by atoms with E-state index < -0.39 is 10.8 Å². The molecule has 2 atom stereocenters. The summed E-state index contributed by atoms with van der Waals surface area (Å²) in [6.07, 6.45) is 1.90. The average Bonchev–Trinajstić information content (AvgIpc) is 2.54. The quantitative estimate of drug-likeness (QED) is 0.755. The average molecular weight is 309 g/mol. The van der Waals surface area contributed by atoms with Gasteiger partial charge in [-0.1, -0.05) is 18.2 Å². The Kier molecular flexibility index (Phi) is 6.39. The number of carbonyl (C=O) groups excluding carboxylic acids is 1. The molecule has 4 nitrogen and oxygen atoms in total. The zero-order valence-corrected chi connectivity index (χ0v) is 13.3. The largest absolute Gasteiger partial charge is 0.466 e. The second-order valence-electron chi connectivity index (χ2n) is 5.25. The molecule has 0 aliphatic carbocycles. The first-order valence-electron chi connectivity index (χ1n) is 7.53. The molecule has 1 saturated heterocycles. The third-order valence-corrected chi connectivity index (χ3v) is 5.08. The number of ether oxygens (including phenoxy) is 1. The zero-order valence-electron chi connectivity index (χ0n) is 12.5. The Morgan fingerprint density at radius 1 is 1.38 bits per heavy atom. The molecular weight excluding hydrogens is 286 g/mol. The van der Waals surface area contributed by atoms with Crippen LogP contribution in [-0.4, -0.2) is 47.1 Å². The fourth-order valence-corrected chi connectivity index (χ4v) is 3.73. The van der Waals surface area contributed by atoms with E-state index >= 15 is 0 Å². The first-order chi connectivity index (χ1) is 10.2. The van der Waals surface area contributed by atoms with Crippen molar-refractivity contribution in [2.75, 3.05) is 32.0 Å². The van der Waals surface area contributed by atoms with E-state index in [2.05, 4.69) is 4.90 Å². The van der Waals surface area contributed by atoms with Crippen molar-refractivity contribution < 1.29 is 13.7 Å². The molecule has 116 valence electrons. The molecule has 2 rings (SSSR count). The van der Waals surface area contributed by atoms with Crippen LogP contribution in [0.25, 0.3) is 0 Å². The van der Waals surface area contributed by atoms with Crippen LogP contribution >= 0.6 is 0 Å². The molecule has 0 N–H and O–H groups in total. The fraction of sp³-hybridized carbons (Fsp3) is 0.562. The number of rotatable bonds is 6. The van der Waals surface area contributed by atoms with Crippen LogP contribution in [0.1, 0.15) is 19.8 Å². The number of piperidine rings is 1. The number of hydrogen-bond donors (Lipinski definition) is 0. The van der Waals surface area contributed by atoms with Gasteiger partial charge < -0.3 is 9.64 Å². The summed E-state index contributed by atoms with van der Waals surface area (Å²) in [5, 5.41) is 0. The van der Waals surface area contributed by atoms with E-state index in [1.54, 1.807) is 0 Å². The summed E-state index contributed by atoms with van der Waals surface area (Å²) in [5.74, 6) is 0.495. The zero-order chi connectivity index (χ0) is 15.1. The van der Waals surface area contributed by atoms with Crippen LogP contribution in [0, 0.1) is 5.92 Å². The molecule has 0 aromatic heterocycles. The Morgan fingerprint density at radius 2 is 2.14 bits per heavy atom. The van der Waals surface area contributed by atoms with Crippen molar-refractivity contribution in [3.63, 3.8) is 0 Å². The van der Waals surface area contributed by atoms with Crippen molar-refractivity contribution in [3.8, 4) is 0 Å². The van der Waals surface area contributed by atoms with E-state index in [4.69, 9.17) is 4.74 Å². The summed E-state index contributed by atoms with van der Waals surface area (Å²) < 4.78 is 17.3. The van der Waals surface area contributed by atoms with Gasteiger partial charge in [0.15, 0.2) is 0 Å². The highest BCUT2D eigenvalue weighted by Gasteiger charge is 2.26. The van der Waals surface area contributed by atoms with Crippen molar-refractivity contribution in [1.82, 2.24) is 4.90 Å². The number of benzene rings is 1. The van der Waals surface area contributed by atoms with Crippen molar-refractivity contribution in [3.05, 3.63) is 30.3 Å². The molecule has 21 heavy (non-hydrogen) atoms. The number of hydrogen-bond acceptors (Lipinski definition) is 4. The minimum atomic E-state index is -0.968. The highest BCUT2D eigenvalue weighted by Crippen LogP contribution is 2.18. The van der Waals surface area contributed by atoms with Gasteiger partial charge in [-0.3, -0.25) is 9.00 Å². The Bertz CT molecular complexity index is 478. The maximum absolute atomic E-state index is 12.2. The molecule has 0 saturated carbocycles. The van der Waals surface area contributed by atoms with Gasteiger partial charge in [-0.2, -0.15) is 0 Å². The Balaban J connectivity index is 1.80. The first-order valence-corrected chi connectivity index (χ1v) is 8.85. The van der Waals surface area contributed by atoms with Crippen LogP contribution in [0.2, 0.25) is 0 Å². The van der Waals surface area contributed by atoms with E-state index in [0.717, 1.165) is 37.4 Å². The van der Waals surface area contributed by atoms with Gasteiger partial charge in [0.05, 0.1) is 23.3 Å². The van der Waals surface area contributed by atoms with Crippen molar-refractivity contribution in [2.45, 2.75) is 24.7 Å². The topological polar surface area (TPSA) is 46.6 Å². The first kappa shape index (κ1) is 16.2. The minimum Gasteiger partial charge on any atom is -0.466 e. The summed E-state index contributed by atoms with van der Waals surface area (Å²) in [4.78, 5) is 14.9. The maximum atomic E-state index is 12.2. The van der Waals surface area contributed by atoms with E-state index in [0.29, 0.717) is 12.4 Å². The van der Waals surface area contributed by atoms with E-state index in [1.807, 2.05) is 37.3 Å². The Hall–Kier alpha value is -1.20. The second-order valence-corrected chi connectivity index (χ2v) is 6.83. The van der Waals surface area contributed by atoms with Crippen molar-refractivity contribution >= 4 is 16.8 Å². The molecule has 1 fully saturated rings. The van der Waals surface area contributed by atoms with Gasteiger partial charge in [0.2, 0.25) is 0 Å². The van der Waals surface area contributed by atoms with Gasteiger partial charge in [0.25, 0.3) is 0 Å². The molecule has 1 heterocycles. The summed E-state index contributed by atoms with van der Waals surface area (Å²) in [5.41, 5.74) is 0. The Labute approximate surface area is 128 Å². The molecule has 2 unspecified atom stereocenters. The fourth-order valence-electron chi connectivity index (χ4n) is 2.61. The number of carbonyl (C=O) groups is 1. The molecule has 1 aromatic carbocycles. The predicted molar refractivity (Wildman–Crippen MR) is 83.5 cm³/mol. The molecule has 1 aromatic rings. The van der Waals surface area contributed by atoms with Crippen LogP contribution in [0.3, 0.4) is 0 Å². The SMILES string of the molecule is CCOC(=O)C1CCCN(CCS(=O)c2ccccc2)C1. The lowest BCUT2D eigenvalue weighted by atomic mass is 9.98. The standard InChI is InChI=1S/C16H23NO3S/c1-2-20-16(18)14-7-6-10-17(13-14)11-12-21(19)15-8-4-3-5-9-15/h3-5,8-9,14H,2,6-7,10-13H2,1H3. The van der Waals surface area contributed by atoms with Crippen LogP contribution in [0.5, 0.6) is 0 Å². The lowest BCUT2D eigenvalue weighted by Crippen LogP contribution is -2.41. The summed E-state index contributed by atoms with van der Waals surface area (Å²) >= 11 is 0. The van der Waals surface area contributed by atoms with E-state index in [-0.39, 0.29) is 11.9 Å². The number of esters is 1. The smallest absolute Gasteiger partial charge is 0.310 e. The number of likely N-dealkylation sites (tertiary alicyclic amines) is 1. The van der Waals surface area contributed by atoms with E-state index in [1.165, 1.54) is 0 Å². The number of nitrogens with zero attached hydrogens (tertiary/aromatic N) is 1. The summed E-state index contributed by atoms with van der Waals surface area (Å²) in [7, 11) is -0.968. The van der Waals surface area contributed by atoms with Gasteiger partial charge in [-0.05, 0) is 38.4 Å². The van der Waals surface area contributed by atoms with Crippen LogP contribution in [-0.2, 0) is 20.3 Å². The van der Waals surface area contributed by atoms with Crippen LogP contribution < -0.4 is 0 Å². The Morgan fingerprint density at radius 3 is 2.86 bits per heavy atom. The predicted octanol–water partition coefficient (Wildman–Crippen LogP) is 2.07. The molecular formula is C16H23NO3S. The van der Waals surface area contributed by atoms with Crippen molar-refractivity contribution in [2.24, 2.45) is 5.92 Å². The lowest BCUT2D eigenvalue weighted by Gasteiger charge is -2.31. The summed E-state index contributed by atoms with van der Waals surface area (Å²) in [6.45, 7) is 4.74. The highest BCUT2D eigenvalue weighted by atomic mass is 32.2. The molecule has 0 bridgehead atoms. The highest BCUT2D eigenvalue weighted by molar-refractivity contribution is 7.85. The van der Waals surface area contributed by atoms with Gasteiger partial charge in [0.1, 0.15) is 0 Å². The third-order valence-electron chi connectivity index (χ3n) is 3.72. The van der Waals surface area contributed by atoms with Crippen molar-refractivity contribution in [1.29, 1.82) is 0 Å². The van der Waals surface area contributed by atoms with Crippen LogP contribution in [0.15, 0.2) is 35.2 Å². The van der Waals surface area contributed by atoms with Gasteiger partial charge >= 0.3 is 5.97 Å². The second kappa shape index (κ2) is 8.29. The summed E-state index contributed by atoms with van der Waals surface area (Å²) in [6, 6.07) is 9.53. The molecule has 1 aliphatic heterocycles. The van der Waals surface area contributed by atoms with Crippen LogP contribution in [0.4, 0.5) is 0 Å². The van der Waals surface area contributed by atoms with Gasteiger partial charge in [0, 0.05) is 23.7 Å². The maximum Gasteiger partial charge on any atom is 0.310 e. The lowest BCUT2D eigenvalue weighted by molar-refractivity contribution is -0.149.